The lowest BCUT2D eigenvalue weighted by molar-refractivity contribution is 0.0209. The Morgan fingerprint density at radius 1 is 1.24 bits per heavy atom. The van der Waals surface area contributed by atoms with Crippen molar-refractivity contribution in [2.45, 2.75) is 38.3 Å². The number of para-hydroxylation sites is 1. The molecule has 1 fully saturated rings. The van der Waals surface area contributed by atoms with Crippen LogP contribution in [0.1, 0.15) is 25.5 Å². The molecule has 0 bridgehead atoms. The quantitative estimate of drug-likeness (QED) is 0.848. The van der Waals surface area contributed by atoms with E-state index in [0.29, 0.717) is 12.1 Å². The molecule has 1 aromatic heterocycles. The highest BCUT2D eigenvalue weighted by Crippen LogP contribution is 2.36. The summed E-state index contributed by atoms with van der Waals surface area (Å²) in [4.78, 5) is 4.79. The number of likely N-dealkylation sites (N-methyl/N-ethyl adjacent to an activating group) is 1. The van der Waals surface area contributed by atoms with Crippen molar-refractivity contribution in [3.05, 3.63) is 42.1 Å². The molecule has 2 atom stereocenters. The Kier molecular flexibility index (Phi) is 4.51. The maximum atomic E-state index is 5.99. The van der Waals surface area contributed by atoms with Gasteiger partial charge in [-0.25, -0.2) is 0 Å². The molecule has 0 saturated heterocycles. The first-order chi connectivity index (χ1) is 10.3. The molecule has 21 heavy (non-hydrogen) atoms. The third-order valence-corrected chi connectivity index (χ3v) is 4.30. The number of pyridine rings is 1. The lowest BCUT2D eigenvalue weighted by Crippen LogP contribution is -2.42. The van der Waals surface area contributed by atoms with Gasteiger partial charge < -0.3 is 10.1 Å². The van der Waals surface area contributed by atoms with Gasteiger partial charge in [-0.1, -0.05) is 24.3 Å². The van der Waals surface area contributed by atoms with Crippen LogP contribution in [-0.2, 0) is 11.2 Å². The van der Waals surface area contributed by atoms with Gasteiger partial charge in [-0.3, -0.25) is 4.98 Å². The van der Waals surface area contributed by atoms with Crippen LogP contribution in [0.3, 0.4) is 0 Å². The highest BCUT2D eigenvalue weighted by molar-refractivity contribution is 5.78. The van der Waals surface area contributed by atoms with E-state index in [-0.39, 0.29) is 0 Å². The number of hydrogen-bond acceptors (Lipinski definition) is 3. The average Bonchev–Trinajstić information content (AvgIpc) is 3.35. The summed E-state index contributed by atoms with van der Waals surface area (Å²) in [5.74, 6) is 0.725. The van der Waals surface area contributed by atoms with Gasteiger partial charge in [0, 0.05) is 30.1 Å². The molecule has 0 radical (unpaired) electrons. The zero-order valence-corrected chi connectivity index (χ0v) is 12.9. The Morgan fingerprint density at radius 2 is 2.05 bits per heavy atom. The standard InChI is InChI=1S/C18H24N2O/c1-3-21-18(14-8-9-14)17(19-2)12-15-11-10-13-6-4-5-7-16(13)20-15/h4-7,10-11,14,17-19H,3,8-9,12H2,1-2H3. The van der Waals surface area contributed by atoms with Crippen molar-refractivity contribution in [2.24, 2.45) is 5.92 Å². The molecule has 1 aliphatic carbocycles. The summed E-state index contributed by atoms with van der Waals surface area (Å²) < 4.78 is 5.99. The van der Waals surface area contributed by atoms with Crippen LogP contribution in [0.15, 0.2) is 36.4 Å². The predicted octanol–water partition coefficient (Wildman–Crippen LogP) is 3.18. The number of hydrogen-bond donors (Lipinski definition) is 1. The number of aromatic nitrogens is 1. The van der Waals surface area contributed by atoms with Crippen molar-refractivity contribution in [1.82, 2.24) is 10.3 Å². The number of rotatable bonds is 7. The number of benzene rings is 1. The fourth-order valence-electron chi connectivity index (χ4n) is 3.03. The minimum absolute atomic E-state index is 0.313. The molecule has 3 heteroatoms. The molecular weight excluding hydrogens is 260 g/mol. The van der Waals surface area contributed by atoms with E-state index in [2.05, 4.69) is 42.6 Å². The Bertz CT molecular complexity index is 595. The minimum atomic E-state index is 0.313. The molecule has 3 nitrogen and oxygen atoms in total. The smallest absolute Gasteiger partial charge is 0.0759 e. The van der Waals surface area contributed by atoms with Crippen molar-refractivity contribution < 1.29 is 4.74 Å². The molecule has 2 unspecified atom stereocenters. The van der Waals surface area contributed by atoms with E-state index in [1.807, 2.05) is 13.1 Å². The molecule has 0 spiro atoms. The Morgan fingerprint density at radius 3 is 2.76 bits per heavy atom. The van der Waals surface area contributed by atoms with Gasteiger partial charge in [0.25, 0.3) is 0 Å². The first-order valence-electron chi connectivity index (χ1n) is 7.95. The van der Waals surface area contributed by atoms with Gasteiger partial charge in [0.05, 0.1) is 11.6 Å². The molecule has 1 aliphatic rings. The summed E-state index contributed by atoms with van der Waals surface area (Å²) in [5.41, 5.74) is 2.21. The van der Waals surface area contributed by atoms with Crippen LogP contribution in [0.2, 0.25) is 0 Å². The minimum Gasteiger partial charge on any atom is -0.377 e. The number of ether oxygens (including phenoxy) is 1. The zero-order valence-electron chi connectivity index (χ0n) is 12.9. The monoisotopic (exact) mass is 284 g/mol. The van der Waals surface area contributed by atoms with E-state index in [1.54, 1.807) is 0 Å². The van der Waals surface area contributed by atoms with Crippen LogP contribution >= 0.6 is 0 Å². The van der Waals surface area contributed by atoms with Crippen LogP contribution in [-0.4, -0.2) is 30.8 Å². The summed E-state index contributed by atoms with van der Waals surface area (Å²) in [5, 5.41) is 4.64. The average molecular weight is 284 g/mol. The Hall–Kier alpha value is -1.45. The van der Waals surface area contributed by atoms with E-state index >= 15 is 0 Å². The van der Waals surface area contributed by atoms with Crippen LogP contribution in [0.4, 0.5) is 0 Å². The Labute approximate surface area is 126 Å². The topological polar surface area (TPSA) is 34.1 Å². The molecule has 112 valence electrons. The van der Waals surface area contributed by atoms with E-state index in [9.17, 15) is 0 Å². The van der Waals surface area contributed by atoms with Crippen LogP contribution < -0.4 is 5.32 Å². The van der Waals surface area contributed by atoms with Crippen LogP contribution in [0.25, 0.3) is 10.9 Å². The van der Waals surface area contributed by atoms with E-state index in [0.717, 1.165) is 30.2 Å². The largest absolute Gasteiger partial charge is 0.377 e. The molecule has 1 aromatic carbocycles. The van der Waals surface area contributed by atoms with E-state index in [1.165, 1.54) is 18.2 Å². The maximum absolute atomic E-state index is 5.99. The Balaban J connectivity index is 1.77. The third kappa shape index (κ3) is 3.42. The van der Waals surface area contributed by atoms with Gasteiger partial charge in [0.2, 0.25) is 0 Å². The van der Waals surface area contributed by atoms with Gasteiger partial charge in [0.15, 0.2) is 0 Å². The van der Waals surface area contributed by atoms with Gasteiger partial charge in [-0.15, -0.1) is 0 Å². The molecule has 2 aromatic rings. The van der Waals surface area contributed by atoms with Crippen LogP contribution in [0.5, 0.6) is 0 Å². The summed E-state index contributed by atoms with van der Waals surface area (Å²) in [6.07, 6.45) is 3.83. The second-order valence-electron chi connectivity index (χ2n) is 5.85. The van der Waals surface area contributed by atoms with E-state index in [4.69, 9.17) is 9.72 Å². The molecule has 3 rings (SSSR count). The summed E-state index contributed by atoms with van der Waals surface area (Å²) in [6, 6.07) is 12.9. The number of nitrogens with one attached hydrogen (secondary N) is 1. The molecule has 1 N–H and O–H groups in total. The van der Waals surface area contributed by atoms with Gasteiger partial charge in [0.1, 0.15) is 0 Å². The molecule has 1 heterocycles. The summed E-state index contributed by atoms with van der Waals surface area (Å²) >= 11 is 0. The normalized spacial score (nSPS) is 17.8. The maximum Gasteiger partial charge on any atom is 0.0759 e. The van der Waals surface area contributed by atoms with Gasteiger partial charge in [-0.2, -0.15) is 0 Å². The highest BCUT2D eigenvalue weighted by Gasteiger charge is 2.36. The van der Waals surface area contributed by atoms with Crippen LogP contribution in [0, 0.1) is 5.92 Å². The van der Waals surface area contributed by atoms with Crippen molar-refractivity contribution in [1.29, 1.82) is 0 Å². The van der Waals surface area contributed by atoms with Gasteiger partial charge in [-0.05, 0) is 44.9 Å². The molecule has 0 aliphatic heterocycles. The van der Waals surface area contributed by atoms with Crippen molar-refractivity contribution in [3.8, 4) is 0 Å². The molecule has 1 saturated carbocycles. The van der Waals surface area contributed by atoms with Crippen molar-refractivity contribution >= 4 is 10.9 Å². The van der Waals surface area contributed by atoms with Crippen molar-refractivity contribution in [3.63, 3.8) is 0 Å². The lowest BCUT2D eigenvalue weighted by atomic mass is 10.0. The zero-order chi connectivity index (χ0) is 14.7. The highest BCUT2D eigenvalue weighted by atomic mass is 16.5. The first-order valence-corrected chi connectivity index (χ1v) is 7.95. The summed E-state index contributed by atoms with van der Waals surface area (Å²) in [7, 11) is 2.03. The van der Waals surface area contributed by atoms with Crippen molar-refractivity contribution in [2.75, 3.05) is 13.7 Å². The van der Waals surface area contributed by atoms with E-state index < -0.39 is 0 Å². The predicted molar refractivity (Wildman–Crippen MR) is 86.4 cm³/mol. The molecule has 0 amide bonds. The fraction of sp³-hybridized carbons (Fsp3) is 0.500. The number of fused-ring (bicyclic) bond motifs is 1. The third-order valence-electron chi connectivity index (χ3n) is 4.30. The second-order valence-corrected chi connectivity index (χ2v) is 5.85. The molecular formula is C18H24N2O. The first kappa shape index (κ1) is 14.5. The number of nitrogens with zero attached hydrogens (tertiary/aromatic N) is 1. The SMILES string of the molecule is CCOC(C1CC1)C(Cc1ccc2ccccc2n1)NC. The van der Waals surface area contributed by atoms with Gasteiger partial charge >= 0.3 is 0 Å². The second kappa shape index (κ2) is 6.54. The fourth-order valence-corrected chi connectivity index (χ4v) is 3.03. The lowest BCUT2D eigenvalue weighted by Gasteiger charge is -2.26. The summed E-state index contributed by atoms with van der Waals surface area (Å²) in [6.45, 7) is 2.86.